The number of hydrogen-bond acceptors (Lipinski definition) is 7. The van der Waals surface area contributed by atoms with Gasteiger partial charge in [0.1, 0.15) is 11.8 Å². The summed E-state index contributed by atoms with van der Waals surface area (Å²) < 4.78 is 35.1. The molecule has 1 aliphatic heterocycles. The lowest BCUT2D eigenvalue weighted by atomic mass is 10.0. The van der Waals surface area contributed by atoms with Crippen LogP contribution in [0.5, 0.6) is 5.75 Å². The number of carbonyl (C=O) groups is 1. The number of fused-ring (bicyclic) bond motifs is 1. The third-order valence-electron chi connectivity index (χ3n) is 7.62. The number of imidazole rings is 1. The molecule has 1 saturated heterocycles. The van der Waals surface area contributed by atoms with Gasteiger partial charge in [0.15, 0.2) is 0 Å². The Hall–Kier alpha value is -4.61. The number of carbonyl (C=O) groups excluding carboxylic acids is 1. The summed E-state index contributed by atoms with van der Waals surface area (Å²) in [5.74, 6) is 0.161. The lowest BCUT2D eigenvalue weighted by molar-refractivity contribution is -0.133. The van der Waals surface area contributed by atoms with E-state index in [9.17, 15) is 18.0 Å². The van der Waals surface area contributed by atoms with Gasteiger partial charge in [-0.2, -0.15) is 3.97 Å². The number of hydrogen-bond donors (Lipinski definition) is 0. The van der Waals surface area contributed by atoms with Crippen LogP contribution in [0.2, 0.25) is 5.02 Å². The molecule has 0 aliphatic carbocycles. The van der Waals surface area contributed by atoms with Gasteiger partial charge in [-0.25, -0.2) is 13.2 Å². The Morgan fingerprint density at radius 1 is 0.884 bits per heavy atom. The van der Waals surface area contributed by atoms with Gasteiger partial charge in [-0.1, -0.05) is 41.9 Å². The van der Waals surface area contributed by atoms with Crippen molar-refractivity contribution in [2.24, 2.45) is 0 Å². The van der Waals surface area contributed by atoms with E-state index in [2.05, 4.69) is 9.88 Å². The van der Waals surface area contributed by atoms with Crippen LogP contribution in [0.15, 0.2) is 107 Å². The summed E-state index contributed by atoms with van der Waals surface area (Å²) in [6.07, 6.45) is 3.46. The molecular formula is C31H28ClN5O5S. The summed E-state index contributed by atoms with van der Waals surface area (Å²) in [5, 5.41) is 0.248. The van der Waals surface area contributed by atoms with Gasteiger partial charge >= 0.3 is 5.69 Å². The number of ether oxygens (including phenoxy) is 1. The SMILES string of the molecule is COc1ccc(S(=O)(=O)n2c(=O)n(C(C(=O)N3CCN(c4ccncc4)CC3)c3ccccc3)c3ccc(Cl)cc32)cc1. The van der Waals surface area contributed by atoms with E-state index < -0.39 is 21.8 Å². The topological polar surface area (TPSA) is 107 Å². The van der Waals surface area contributed by atoms with Crippen molar-refractivity contribution in [3.8, 4) is 5.75 Å². The van der Waals surface area contributed by atoms with E-state index >= 15 is 0 Å². The Morgan fingerprint density at radius 2 is 1.56 bits per heavy atom. The van der Waals surface area contributed by atoms with E-state index in [-0.39, 0.29) is 26.9 Å². The molecule has 1 atom stereocenters. The minimum Gasteiger partial charge on any atom is -0.497 e. The fourth-order valence-corrected chi connectivity index (χ4v) is 7.01. The highest BCUT2D eigenvalue weighted by Crippen LogP contribution is 2.30. The normalized spacial score (nSPS) is 14.6. The molecule has 1 amide bonds. The van der Waals surface area contributed by atoms with Crippen molar-refractivity contribution in [1.29, 1.82) is 0 Å². The number of anilines is 1. The van der Waals surface area contributed by atoms with Crippen LogP contribution in [0, 0.1) is 0 Å². The van der Waals surface area contributed by atoms with E-state index in [1.807, 2.05) is 18.2 Å². The Labute approximate surface area is 253 Å². The lowest BCUT2D eigenvalue weighted by Gasteiger charge is -2.37. The Morgan fingerprint density at radius 3 is 2.21 bits per heavy atom. The number of aromatic nitrogens is 3. The van der Waals surface area contributed by atoms with E-state index in [0.717, 1.165) is 9.66 Å². The van der Waals surface area contributed by atoms with E-state index in [1.165, 1.54) is 42.0 Å². The fraction of sp³-hybridized carbons (Fsp3) is 0.194. The number of benzene rings is 3. The first kappa shape index (κ1) is 28.5. The number of amides is 1. The van der Waals surface area contributed by atoms with Gasteiger partial charge in [0.25, 0.3) is 15.9 Å². The maximum absolute atomic E-state index is 14.3. The Balaban J connectivity index is 1.46. The molecule has 12 heteroatoms. The second-order valence-electron chi connectivity index (χ2n) is 10.1. The molecule has 1 aliphatic rings. The summed E-state index contributed by atoms with van der Waals surface area (Å²) in [7, 11) is -2.91. The van der Waals surface area contributed by atoms with E-state index in [4.69, 9.17) is 16.3 Å². The Bertz CT molecular complexity index is 1940. The van der Waals surface area contributed by atoms with Gasteiger partial charge < -0.3 is 14.5 Å². The maximum atomic E-state index is 14.3. The molecule has 0 radical (unpaired) electrons. The first-order valence-corrected chi connectivity index (χ1v) is 15.4. The predicted molar refractivity (Wildman–Crippen MR) is 164 cm³/mol. The van der Waals surface area contributed by atoms with Gasteiger partial charge in [-0.3, -0.25) is 14.3 Å². The molecule has 5 aromatic rings. The van der Waals surface area contributed by atoms with Crippen LogP contribution in [0.3, 0.4) is 0 Å². The molecule has 10 nitrogen and oxygen atoms in total. The molecule has 1 fully saturated rings. The zero-order chi connectivity index (χ0) is 30.1. The summed E-state index contributed by atoms with van der Waals surface area (Å²) in [6.45, 7) is 2.03. The molecule has 2 aromatic heterocycles. The molecule has 0 N–H and O–H groups in total. The number of piperazine rings is 1. The predicted octanol–water partition coefficient (Wildman–Crippen LogP) is 4.04. The molecule has 0 saturated carbocycles. The molecule has 3 aromatic carbocycles. The second-order valence-corrected chi connectivity index (χ2v) is 12.3. The molecule has 6 rings (SSSR count). The second kappa shape index (κ2) is 11.6. The maximum Gasteiger partial charge on any atom is 0.344 e. The number of halogens is 1. The van der Waals surface area contributed by atoms with Crippen LogP contribution >= 0.6 is 11.6 Å². The fourth-order valence-electron chi connectivity index (χ4n) is 5.45. The number of nitrogens with zero attached hydrogens (tertiary/aromatic N) is 5. The highest BCUT2D eigenvalue weighted by molar-refractivity contribution is 7.90. The average molecular weight is 618 g/mol. The molecule has 3 heterocycles. The van der Waals surface area contributed by atoms with Crippen LogP contribution in [0.25, 0.3) is 11.0 Å². The van der Waals surface area contributed by atoms with Crippen molar-refractivity contribution in [1.82, 2.24) is 18.4 Å². The minimum absolute atomic E-state index is 0.0737. The number of pyridine rings is 1. The van der Waals surface area contributed by atoms with Crippen LogP contribution in [-0.2, 0) is 14.8 Å². The summed E-state index contributed by atoms with van der Waals surface area (Å²) >= 11 is 6.31. The van der Waals surface area contributed by atoms with Crippen LogP contribution in [0.1, 0.15) is 11.6 Å². The number of rotatable bonds is 7. The highest BCUT2D eigenvalue weighted by Gasteiger charge is 2.35. The molecule has 43 heavy (non-hydrogen) atoms. The molecule has 220 valence electrons. The van der Waals surface area contributed by atoms with Crippen LogP contribution < -0.4 is 15.3 Å². The van der Waals surface area contributed by atoms with E-state index in [1.54, 1.807) is 53.7 Å². The third-order valence-corrected chi connectivity index (χ3v) is 9.56. The lowest BCUT2D eigenvalue weighted by Crippen LogP contribution is -2.51. The number of methoxy groups -OCH3 is 1. The zero-order valence-electron chi connectivity index (χ0n) is 23.2. The van der Waals surface area contributed by atoms with Gasteiger partial charge in [-0.05, 0) is 60.2 Å². The van der Waals surface area contributed by atoms with Crippen molar-refractivity contribution in [3.63, 3.8) is 0 Å². The van der Waals surface area contributed by atoms with E-state index in [0.29, 0.717) is 37.5 Å². The minimum atomic E-state index is -4.39. The summed E-state index contributed by atoms with van der Waals surface area (Å²) in [4.78, 5) is 36.5. The molecular weight excluding hydrogens is 590 g/mol. The first-order chi connectivity index (χ1) is 20.8. The van der Waals surface area contributed by atoms with Gasteiger partial charge in [0, 0.05) is 49.3 Å². The van der Waals surface area contributed by atoms with Crippen molar-refractivity contribution in [3.05, 3.63) is 118 Å². The highest BCUT2D eigenvalue weighted by atomic mass is 35.5. The van der Waals surface area contributed by atoms with Crippen molar-refractivity contribution in [2.45, 2.75) is 10.9 Å². The smallest absolute Gasteiger partial charge is 0.344 e. The van der Waals surface area contributed by atoms with Crippen molar-refractivity contribution >= 4 is 44.3 Å². The average Bonchev–Trinajstić information content (AvgIpc) is 3.33. The van der Waals surface area contributed by atoms with Gasteiger partial charge in [0.2, 0.25) is 0 Å². The monoisotopic (exact) mass is 617 g/mol. The summed E-state index contributed by atoms with van der Waals surface area (Å²) in [5.41, 5.74) is 1.04. The van der Waals surface area contributed by atoms with Crippen molar-refractivity contribution in [2.75, 3.05) is 38.2 Å². The largest absolute Gasteiger partial charge is 0.497 e. The van der Waals surface area contributed by atoms with Crippen molar-refractivity contribution < 1.29 is 17.9 Å². The third kappa shape index (κ3) is 5.26. The Kier molecular flexibility index (Phi) is 7.68. The first-order valence-electron chi connectivity index (χ1n) is 13.6. The summed E-state index contributed by atoms with van der Waals surface area (Å²) in [6, 6.07) is 22.0. The molecule has 0 spiro atoms. The quantitative estimate of drug-likeness (QED) is 0.271. The van der Waals surface area contributed by atoms with Crippen LogP contribution in [0.4, 0.5) is 5.69 Å². The van der Waals surface area contributed by atoms with Gasteiger partial charge in [0.05, 0.1) is 23.0 Å². The molecule has 1 unspecified atom stereocenters. The van der Waals surface area contributed by atoms with Gasteiger partial charge in [-0.15, -0.1) is 0 Å². The molecule has 0 bridgehead atoms. The zero-order valence-corrected chi connectivity index (χ0v) is 24.8. The standard InChI is InChI=1S/C31H28ClN5O5S/c1-42-25-8-10-26(11-9-25)43(40,41)37-28-21-23(32)7-12-27(28)36(31(37)39)29(22-5-3-2-4-6-22)30(38)35-19-17-34(18-20-35)24-13-15-33-16-14-24/h2-16,21,29H,17-20H2,1H3. The van der Waals surface area contributed by atoms with Crippen LogP contribution in [-0.4, -0.2) is 66.0 Å².